The smallest absolute Gasteiger partial charge is 0.377 e. The average molecular weight is 746 g/mol. The van der Waals surface area contributed by atoms with Gasteiger partial charge in [0.25, 0.3) is 0 Å². The van der Waals surface area contributed by atoms with Crippen molar-refractivity contribution in [1.29, 1.82) is 0 Å². The van der Waals surface area contributed by atoms with E-state index in [1.807, 2.05) is 41.5 Å². The van der Waals surface area contributed by atoms with Crippen LogP contribution in [-0.2, 0) is 41.5 Å². The van der Waals surface area contributed by atoms with E-state index in [4.69, 9.17) is 15.2 Å². The quantitative estimate of drug-likeness (QED) is 0.106. The Hall–Kier alpha value is -3.04. The standard InChI is InChI=1S/C38H70BN8O6/c1-13-16-17-19-28-27(15-3)43-44-47(28)39-42-32(23(4)5)37(50)41-33(24(6)7)38(51)45(10)34(25(8)14-2)30(52-11)22-31(48)46-21-18-20-29(46)35(53-12)26(9)36(40)49/h23-26,29-30,32-35,42H,13-22H2,1-12H3,(H2,40,49)(H,41,50)/t25-,26+,29-,30+,32?,33-,34-,35+/m0/s1. The number of hydrogen-bond acceptors (Lipinski definition) is 9. The summed E-state index contributed by atoms with van der Waals surface area (Å²) < 4.78 is 13.4. The van der Waals surface area contributed by atoms with Crippen LogP contribution in [-0.4, -0.2) is 120 Å². The minimum absolute atomic E-state index is 0.0249. The molecule has 15 heteroatoms. The summed E-state index contributed by atoms with van der Waals surface area (Å²) in [6, 6.07) is -2.20. The maximum atomic E-state index is 14.4. The van der Waals surface area contributed by atoms with Crippen LogP contribution in [0.25, 0.3) is 0 Å². The van der Waals surface area contributed by atoms with E-state index in [0.29, 0.717) is 13.0 Å². The monoisotopic (exact) mass is 746 g/mol. The van der Waals surface area contributed by atoms with Crippen molar-refractivity contribution in [2.45, 2.75) is 156 Å². The molecule has 4 N–H and O–H groups in total. The molecule has 1 fully saturated rings. The molecule has 53 heavy (non-hydrogen) atoms. The zero-order chi connectivity index (χ0) is 40.0. The van der Waals surface area contributed by atoms with Crippen LogP contribution < -0.4 is 16.3 Å². The number of carbonyl (C=O) groups is 4. The summed E-state index contributed by atoms with van der Waals surface area (Å²) >= 11 is 0. The summed E-state index contributed by atoms with van der Waals surface area (Å²) in [5.74, 6) is -2.06. The average Bonchev–Trinajstić information content (AvgIpc) is 3.77. The van der Waals surface area contributed by atoms with Crippen molar-refractivity contribution < 1.29 is 28.7 Å². The van der Waals surface area contributed by atoms with Gasteiger partial charge >= 0.3 is 7.55 Å². The first-order valence-electron chi connectivity index (χ1n) is 19.8. The third kappa shape index (κ3) is 12.2. The molecule has 0 aromatic carbocycles. The number of aryl methyl sites for hydroxylation is 1. The number of amides is 4. The first-order valence-corrected chi connectivity index (χ1v) is 19.8. The number of likely N-dealkylation sites (tertiary alicyclic amines) is 1. The van der Waals surface area contributed by atoms with Gasteiger partial charge in [-0.15, -0.1) is 5.10 Å². The van der Waals surface area contributed by atoms with Crippen LogP contribution in [0.4, 0.5) is 0 Å². The topological polar surface area (TPSA) is 174 Å². The van der Waals surface area contributed by atoms with E-state index < -0.39 is 42.2 Å². The number of likely N-dealkylation sites (N-methyl/N-ethyl adjacent to an activating group) is 1. The highest BCUT2D eigenvalue weighted by atomic mass is 16.5. The molecule has 0 saturated carbocycles. The second kappa shape index (κ2) is 22.4. The van der Waals surface area contributed by atoms with Crippen molar-refractivity contribution in [3.8, 4) is 0 Å². The van der Waals surface area contributed by atoms with Gasteiger partial charge < -0.3 is 35.6 Å². The van der Waals surface area contributed by atoms with Crippen LogP contribution >= 0.6 is 0 Å². The molecule has 1 unspecified atom stereocenters. The van der Waals surface area contributed by atoms with Crippen molar-refractivity contribution in [2.75, 3.05) is 27.8 Å². The third-order valence-corrected chi connectivity index (χ3v) is 11.1. The highest BCUT2D eigenvalue weighted by Crippen LogP contribution is 2.29. The van der Waals surface area contributed by atoms with Crippen molar-refractivity contribution in [3.63, 3.8) is 0 Å². The lowest BCUT2D eigenvalue weighted by Gasteiger charge is -2.41. The molecule has 2 rings (SSSR count). The van der Waals surface area contributed by atoms with E-state index in [-0.39, 0.29) is 47.9 Å². The first-order chi connectivity index (χ1) is 25.1. The van der Waals surface area contributed by atoms with Crippen LogP contribution in [0.2, 0.25) is 0 Å². The number of hydrogen-bond donors (Lipinski definition) is 3. The SMILES string of the molecule is CCCCCc1c(CC)nnn1[B]NC(C(=O)N[C@H](C(=O)N(C)[C@@H]([C@@H](C)CC)[C@@H](CC(=O)N1CCC[C@H]1[C@H](OC)[C@@H](C)C(N)=O)OC)C(C)C)C(C)C. The molecule has 301 valence electrons. The van der Waals surface area contributed by atoms with Gasteiger partial charge in [0.2, 0.25) is 23.6 Å². The Morgan fingerprint density at radius 3 is 2.19 bits per heavy atom. The maximum Gasteiger partial charge on any atom is 0.377 e. The Balaban J connectivity index is 2.27. The van der Waals surface area contributed by atoms with Gasteiger partial charge in [-0.1, -0.05) is 86.8 Å². The Bertz CT molecular complexity index is 1310. The second-order valence-corrected chi connectivity index (χ2v) is 15.5. The van der Waals surface area contributed by atoms with Gasteiger partial charge in [-0.05, 0) is 49.9 Å². The number of ether oxygens (including phenoxy) is 2. The van der Waals surface area contributed by atoms with Crippen LogP contribution in [0.3, 0.4) is 0 Å². The molecule has 1 aliphatic heterocycles. The normalized spacial score (nSPS) is 18.7. The molecule has 0 spiro atoms. The van der Waals surface area contributed by atoms with Gasteiger partial charge in [-0.2, -0.15) is 0 Å². The third-order valence-electron chi connectivity index (χ3n) is 11.1. The maximum absolute atomic E-state index is 14.4. The van der Waals surface area contributed by atoms with Gasteiger partial charge in [0.15, 0.2) is 0 Å². The molecule has 1 saturated heterocycles. The Kier molecular flexibility index (Phi) is 19.5. The second-order valence-electron chi connectivity index (χ2n) is 15.5. The highest BCUT2D eigenvalue weighted by Gasteiger charge is 2.42. The summed E-state index contributed by atoms with van der Waals surface area (Å²) in [6.45, 7) is 18.3. The van der Waals surface area contributed by atoms with Crippen molar-refractivity contribution in [3.05, 3.63) is 11.4 Å². The number of nitrogens with two attached hydrogens (primary N) is 1. The van der Waals surface area contributed by atoms with Gasteiger partial charge in [0, 0.05) is 33.5 Å². The molecule has 14 nitrogen and oxygen atoms in total. The Morgan fingerprint density at radius 2 is 1.66 bits per heavy atom. The largest absolute Gasteiger partial charge is 0.379 e. The fourth-order valence-corrected chi connectivity index (χ4v) is 7.54. The van der Waals surface area contributed by atoms with Crippen molar-refractivity contribution in [2.24, 2.45) is 29.4 Å². The number of nitrogens with zero attached hydrogens (tertiary/aromatic N) is 5. The van der Waals surface area contributed by atoms with Crippen molar-refractivity contribution in [1.82, 2.24) is 35.2 Å². The lowest BCUT2D eigenvalue weighted by atomic mass is 9.89. The Labute approximate surface area is 319 Å². The highest BCUT2D eigenvalue weighted by molar-refractivity contribution is 6.30. The predicted molar refractivity (Wildman–Crippen MR) is 208 cm³/mol. The number of rotatable bonds is 24. The summed E-state index contributed by atoms with van der Waals surface area (Å²) in [5, 5.41) is 15.0. The predicted octanol–water partition coefficient (Wildman–Crippen LogP) is 3.12. The zero-order valence-electron chi connectivity index (χ0n) is 34.7. The summed E-state index contributed by atoms with van der Waals surface area (Å²) in [5.41, 5.74) is 7.60. The van der Waals surface area contributed by atoms with Gasteiger partial charge in [0.1, 0.15) is 6.04 Å². The molecule has 1 aromatic heterocycles. The first kappa shape index (κ1) is 46.1. The molecule has 1 aromatic rings. The molecular formula is C38H70BN8O6. The van der Waals surface area contributed by atoms with Crippen LogP contribution in [0, 0.1) is 23.7 Å². The Morgan fingerprint density at radius 1 is 1.00 bits per heavy atom. The molecule has 0 aliphatic carbocycles. The lowest BCUT2D eigenvalue weighted by Crippen LogP contribution is -2.60. The summed E-state index contributed by atoms with van der Waals surface area (Å²) in [6.07, 6.45) is 6.00. The number of nitrogens with one attached hydrogen (secondary N) is 2. The fourth-order valence-electron chi connectivity index (χ4n) is 7.54. The minimum Gasteiger partial charge on any atom is -0.379 e. The van der Waals surface area contributed by atoms with E-state index >= 15 is 0 Å². The number of primary amides is 1. The number of carbonyl (C=O) groups excluding carboxylic acids is 4. The van der Waals surface area contributed by atoms with E-state index in [9.17, 15) is 19.2 Å². The van der Waals surface area contributed by atoms with E-state index in [1.54, 1.807) is 43.0 Å². The van der Waals surface area contributed by atoms with Gasteiger partial charge in [0.05, 0.1) is 48.4 Å². The zero-order valence-corrected chi connectivity index (χ0v) is 34.7. The van der Waals surface area contributed by atoms with Gasteiger partial charge in [-0.3, -0.25) is 23.8 Å². The summed E-state index contributed by atoms with van der Waals surface area (Å²) in [7, 11) is 6.54. The molecular weight excluding hydrogens is 675 g/mol. The van der Waals surface area contributed by atoms with E-state index in [1.165, 1.54) is 7.11 Å². The van der Waals surface area contributed by atoms with Crippen molar-refractivity contribution >= 4 is 31.2 Å². The van der Waals surface area contributed by atoms with Crippen LogP contribution in [0.1, 0.15) is 119 Å². The number of methoxy groups -OCH3 is 2. The number of aromatic nitrogens is 3. The molecule has 1 aliphatic rings. The molecule has 2 heterocycles. The van der Waals surface area contributed by atoms with E-state index in [0.717, 1.165) is 56.3 Å². The molecule has 1 radical (unpaired) electrons. The molecule has 4 amide bonds. The summed E-state index contributed by atoms with van der Waals surface area (Å²) in [4.78, 5) is 57.7. The van der Waals surface area contributed by atoms with Crippen LogP contribution in [0.15, 0.2) is 0 Å². The number of unbranched alkanes of at least 4 members (excludes halogenated alkanes) is 2. The minimum atomic E-state index is -0.821. The van der Waals surface area contributed by atoms with Gasteiger partial charge in [-0.25, -0.2) is 0 Å². The van der Waals surface area contributed by atoms with E-state index in [2.05, 4.69) is 34.7 Å². The molecule has 8 atom stereocenters. The molecule has 0 bridgehead atoms. The lowest BCUT2D eigenvalue weighted by molar-refractivity contribution is -0.147. The fraction of sp³-hybridized carbons (Fsp3) is 0.842. The van der Waals surface area contributed by atoms with Crippen LogP contribution in [0.5, 0.6) is 0 Å².